The van der Waals surface area contributed by atoms with Crippen LogP contribution in [-0.4, -0.2) is 24.6 Å². The van der Waals surface area contributed by atoms with E-state index in [-0.39, 0.29) is 17.7 Å². The van der Waals surface area contributed by atoms with Gasteiger partial charge in [-0.2, -0.15) is 5.26 Å². The monoisotopic (exact) mass is 357 g/mol. The maximum atomic E-state index is 9.97. The van der Waals surface area contributed by atoms with E-state index in [2.05, 4.69) is 20.6 Å². The van der Waals surface area contributed by atoms with Gasteiger partial charge < -0.3 is 14.7 Å². The molecule has 6 heteroatoms. The number of imidazole rings is 1. The van der Waals surface area contributed by atoms with Crippen LogP contribution in [0, 0.1) is 17.2 Å². The predicted octanol–water partition coefficient (Wildman–Crippen LogP) is 4.54. The molecule has 1 aliphatic carbocycles. The van der Waals surface area contributed by atoms with E-state index in [1.807, 2.05) is 24.4 Å². The van der Waals surface area contributed by atoms with Crippen LogP contribution in [0.5, 0.6) is 5.75 Å². The van der Waals surface area contributed by atoms with Crippen LogP contribution in [0.25, 0.3) is 33.5 Å². The molecule has 0 aliphatic heterocycles. The summed E-state index contributed by atoms with van der Waals surface area (Å²) in [6, 6.07) is 12.0. The number of hydrogen-bond donors (Lipinski definition) is 2. The topological polar surface area (TPSA) is 90.5 Å². The van der Waals surface area contributed by atoms with Gasteiger partial charge in [0.2, 0.25) is 0 Å². The molecule has 0 bridgehead atoms. The molecule has 1 aliphatic rings. The van der Waals surface area contributed by atoms with Crippen molar-refractivity contribution >= 4 is 22.1 Å². The van der Waals surface area contributed by atoms with E-state index < -0.39 is 0 Å². The van der Waals surface area contributed by atoms with Gasteiger partial charge in [0, 0.05) is 29.1 Å². The second kappa shape index (κ2) is 6.13. The number of aromatic nitrogens is 4. The zero-order valence-electron chi connectivity index (χ0n) is 14.8. The highest BCUT2D eigenvalue weighted by Crippen LogP contribution is 2.39. The second-order valence-corrected chi connectivity index (χ2v) is 7.22. The molecule has 1 aromatic carbocycles. The number of nitrogens with zero attached hydrogens (tertiary/aromatic N) is 4. The van der Waals surface area contributed by atoms with Gasteiger partial charge in [0.1, 0.15) is 22.7 Å². The molecule has 0 unspecified atom stereocenters. The Hall–Kier alpha value is -3.33. The summed E-state index contributed by atoms with van der Waals surface area (Å²) in [4.78, 5) is 12.5. The van der Waals surface area contributed by atoms with E-state index in [1.54, 1.807) is 18.3 Å². The SMILES string of the molecule is N#C[C@H]1CC[C@H](n2c(-c3cccc(O)c3)nc3cnc4[nH]ccc4c32)CC1. The average Bonchev–Trinajstić information content (AvgIpc) is 3.32. The number of H-pyrrole nitrogens is 1. The van der Waals surface area contributed by atoms with Crippen LogP contribution in [0.3, 0.4) is 0 Å². The van der Waals surface area contributed by atoms with E-state index in [0.29, 0.717) is 0 Å². The molecule has 0 radical (unpaired) electrons. The first kappa shape index (κ1) is 15.9. The van der Waals surface area contributed by atoms with E-state index in [9.17, 15) is 10.4 Å². The summed E-state index contributed by atoms with van der Waals surface area (Å²) in [6.07, 6.45) is 7.41. The standard InChI is InChI=1S/C21H19N5O/c22-11-13-4-6-15(7-5-13)26-19-17-8-9-23-20(17)24-12-18(19)25-21(26)14-2-1-3-16(27)10-14/h1-3,8-10,12-13,15,27H,4-7H2,(H,23,24)/t13-,15-. The highest BCUT2D eigenvalue weighted by molar-refractivity contribution is 6.02. The third kappa shape index (κ3) is 2.55. The number of aromatic hydroxyl groups is 1. The average molecular weight is 357 g/mol. The second-order valence-electron chi connectivity index (χ2n) is 7.22. The van der Waals surface area contributed by atoms with Crippen LogP contribution in [0.4, 0.5) is 0 Å². The number of nitriles is 1. The minimum absolute atomic E-state index is 0.147. The van der Waals surface area contributed by atoms with Crippen LogP contribution in [0.15, 0.2) is 42.7 Å². The number of benzene rings is 1. The van der Waals surface area contributed by atoms with Gasteiger partial charge in [-0.15, -0.1) is 0 Å². The van der Waals surface area contributed by atoms with Crippen LogP contribution in [0.2, 0.25) is 0 Å². The first-order valence-corrected chi connectivity index (χ1v) is 9.27. The Morgan fingerprint density at radius 3 is 2.81 bits per heavy atom. The molecule has 5 rings (SSSR count). The van der Waals surface area contributed by atoms with Crippen molar-refractivity contribution in [2.75, 3.05) is 0 Å². The van der Waals surface area contributed by atoms with Crippen molar-refractivity contribution in [2.24, 2.45) is 5.92 Å². The van der Waals surface area contributed by atoms with Gasteiger partial charge in [0.25, 0.3) is 0 Å². The molecule has 27 heavy (non-hydrogen) atoms. The normalized spacial score (nSPS) is 20.1. The molecule has 6 nitrogen and oxygen atoms in total. The van der Waals surface area contributed by atoms with Crippen molar-refractivity contribution in [1.29, 1.82) is 5.26 Å². The van der Waals surface area contributed by atoms with E-state index in [4.69, 9.17) is 4.98 Å². The summed E-state index contributed by atoms with van der Waals surface area (Å²) in [5, 5.41) is 20.3. The quantitative estimate of drug-likeness (QED) is 0.551. The third-order valence-electron chi connectivity index (χ3n) is 5.58. The number of pyridine rings is 1. The van der Waals surface area contributed by atoms with Gasteiger partial charge in [-0.25, -0.2) is 9.97 Å². The fourth-order valence-corrected chi connectivity index (χ4v) is 4.26. The summed E-state index contributed by atoms with van der Waals surface area (Å²) >= 11 is 0. The Kier molecular flexibility index (Phi) is 3.61. The lowest BCUT2D eigenvalue weighted by atomic mass is 9.86. The highest BCUT2D eigenvalue weighted by Gasteiger charge is 2.27. The summed E-state index contributed by atoms with van der Waals surface area (Å²) in [6.45, 7) is 0. The van der Waals surface area contributed by atoms with Gasteiger partial charge in [0.05, 0.1) is 17.8 Å². The molecule has 3 aromatic heterocycles. The number of aromatic amines is 1. The minimum atomic E-state index is 0.147. The number of phenolic OH excluding ortho intramolecular Hbond substituents is 1. The van der Waals surface area contributed by atoms with Crippen molar-refractivity contribution in [3.63, 3.8) is 0 Å². The highest BCUT2D eigenvalue weighted by atomic mass is 16.3. The molecule has 134 valence electrons. The fourth-order valence-electron chi connectivity index (χ4n) is 4.26. The zero-order valence-corrected chi connectivity index (χ0v) is 14.8. The van der Waals surface area contributed by atoms with E-state index in [0.717, 1.165) is 59.1 Å². The zero-order chi connectivity index (χ0) is 18.4. The molecule has 3 heterocycles. The lowest BCUT2D eigenvalue weighted by Gasteiger charge is -2.28. The Labute approximate surface area is 156 Å². The van der Waals surface area contributed by atoms with Crippen molar-refractivity contribution in [2.45, 2.75) is 31.7 Å². The molecule has 1 saturated carbocycles. The van der Waals surface area contributed by atoms with Crippen molar-refractivity contribution in [3.05, 3.63) is 42.7 Å². The van der Waals surface area contributed by atoms with Crippen LogP contribution < -0.4 is 0 Å². The largest absolute Gasteiger partial charge is 0.508 e. The van der Waals surface area contributed by atoms with Gasteiger partial charge in [-0.05, 0) is 43.9 Å². The molecule has 4 aromatic rings. The van der Waals surface area contributed by atoms with Gasteiger partial charge >= 0.3 is 0 Å². The maximum absolute atomic E-state index is 9.97. The van der Waals surface area contributed by atoms with Gasteiger partial charge in [-0.3, -0.25) is 0 Å². The van der Waals surface area contributed by atoms with Crippen molar-refractivity contribution in [3.8, 4) is 23.2 Å². The number of nitrogens with one attached hydrogen (secondary N) is 1. The molecular weight excluding hydrogens is 338 g/mol. The molecule has 0 amide bonds. The van der Waals surface area contributed by atoms with Crippen LogP contribution in [0.1, 0.15) is 31.7 Å². The summed E-state index contributed by atoms with van der Waals surface area (Å²) in [5.74, 6) is 1.22. The predicted molar refractivity (Wildman–Crippen MR) is 103 cm³/mol. The van der Waals surface area contributed by atoms with Gasteiger partial charge in [0.15, 0.2) is 0 Å². The third-order valence-corrected chi connectivity index (χ3v) is 5.58. The Bertz CT molecular complexity index is 1170. The lowest BCUT2D eigenvalue weighted by Crippen LogP contribution is -2.18. The fraction of sp³-hybridized carbons (Fsp3) is 0.286. The Morgan fingerprint density at radius 2 is 2.04 bits per heavy atom. The van der Waals surface area contributed by atoms with E-state index >= 15 is 0 Å². The van der Waals surface area contributed by atoms with Crippen molar-refractivity contribution < 1.29 is 5.11 Å². The molecule has 1 fully saturated rings. The van der Waals surface area contributed by atoms with Gasteiger partial charge in [-0.1, -0.05) is 12.1 Å². The van der Waals surface area contributed by atoms with Crippen molar-refractivity contribution in [1.82, 2.24) is 19.5 Å². The first-order valence-electron chi connectivity index (χ1n) is 9.27. The number of phenols is 1. The Morgan fingerprint density at radius 1 is 1.19 bits per heavy atom. The summed E-state index contributed by atoms with van der Waals surface area (Å²) in [7, 11) is 0. The maximum Gasteiger partial charge on any atom is 0.141 e. The molecule has 0 saturated heterocycles. The Balaban J connectivity index is 1.75. The molecule has 2 N–H and O–H groups in total. The number of fused-ring (bicyclic) bond motifs is 3. The van der Waals surface area contributed by atoms with Crippen LogP contribution >= 0.6 is 0 Å². The molecule has 0 atom stereocenters. The van der Waals surface area contributed by atoms with Crippen LogP contribution in [-0.2, 0) is 0 Å². The number of rotatable bonds is 2. The smallest absolute Gasteiger partial charge is 0.141 e. The number of hydrogen-bond acceptors (Lipinski definition) is 4. The van der Waals surface area contributed by atoms with E-state index in [1.165, 1.54) is 0 Å². The minimum Gasteiger partial charge on any atom is -0.508 e. The molecule has 0 spiro atoms. The lowest BCUT2D eigenvalue weighted by molar-refractivity contribution is 0.320. The summed E-state index contributed by atoms with van der Waals surface area (Å²) in [5.41, 5.74) is 3.65. The first-order chi connectivity index (χ1) is 13.2. The summed E-state index contributed by atoms with van der Waals surface area (Å²) < 4.78 is 2.30. The molecular formula is C21H19N5O.